The van der Waals surface area contributed by atoms with Crippen molar-refractivity contribution < 1.29 is 14.3 Å². The van der Waals surface area contributed by atoms with Gasteiger partial charge in [0.2, 0.25) is 5.91 Å². The Balaban J connectivity index is 1.56. The van der Waals surface area contributed by atoms with Gasteiger partial charge in [-0.05, 0) is 69.2 Å². The Bertz CT molecular complexity index is 1020. The molecule has 1 aromatic heterocycles. The highest BCUT2D eigenvalue weighted by molar-refractivity contribution is 7.99. The minimum absolute atomic E-state index is 0.104. The second-order valence-electron chi connectivity index (χ2n) is 6.92. The largest absolute Gasteiger partial charge is 0.494 e. The summed E-state index contributed by atoms with van der Waals surface area (Å²) in [5.41, 5.74) is 3.03. The molecule has 31 heavy (non-hydrogen) atoms. The van der Waals surface area contributed by atoms with Gasteiger partial charge in [-0.15, -0.1) is 10.2 Å². The number of anilines is 1. The number of nitrogens with one attached hydrogen (secondary N) is 1. The van der Waals surface area contributed by atoms with Crippen molar-refractivity contribution >= 4 is 23.4 Å². The highest BCUT2D eigenvalue weighted by atomic mass is 32.2. The lowest BCUT2D eigenvalue weighted by molar-refractivity contribution is -0.113. The summed E-state index contributed by atoms with van der Waals surface area (Å²) in [6.45, 7) is 9.69. The van der Waals surface area contributed by atoms with Gasteiger partial charge in [0.05, 0.1) is 12.4 Å². The summed E-state index contributed by atoms with van der Waals surface area (Å²) < 4.78 is 13.4. The van der Waals surface area contributed by atoms with Crippen molar-refractivity contribution in [2.45, 2.75) is 46.0 Å². The number of hydrogen-bond acceptors (Lipinski definition) is 6. The van der Waals surface area contributed by atoms with Crippen LogP contribution in [-0.2, 0) is 17.9 Å². The van der Waals surface area contributed by atoms with E-state index in [-0.39, 0.29) is 11.7 Å². The van der Waals surface area contributed by atoms with Crippen LogP contribution in [0.2, 0.25) is 0 Å². The van der Waals surface area contributed by atoms with Crippen LogP contribution in [0.5, 0.6) is 11.5 Å². The molecule has 1 N–H and O–H groups in total. The molecule has 0 saturated heterocycles. The summed E-state index contributed by atoms with van der Waals surface area (Å²) in [6, 6.07) is 13.3. The van der Waals surface area contributed by atoms with Gasteiger partial charge in [-0.25, -0.2) is 0 Å². The van der Waals surface area contributed by atoms with Crippen LogP contribution in [0.3, 0.4) is 0 Å². The third-order valence-corrected chi connectivity index (χ3v) is 5.77. The fraction of sp³-hybridized carbons (Fsp3) is 0.348. The lowest BCUT2D eigenvalue weighted by Crippen LogP contribution is -2.15. The quantitative estimate of drug-likeness (QED) is 0.464. The molecule has 0 saturated carbocycles. The van der Waals surface area contributed by atoms with Gasteiger partial charge in [0.25, 0.3) is 0 Å². The molecule has 0 atom stereocenters. The molecule has 0 bridgehead atoms. The van der Waals surface area contributed by atoms with Gasteiger partial charge >= 0.3 is 0 Å². The van der Waals surface area contributed by atoms with Crippen molar-refractivity contribution in [2.75, 3.05) is 17.7 Å². The van der Waals surface area contributed by atoms with Gasteiger partial charge in [-0.1, -0.05) is 23.9 Å². The summed E-state index contributed by atoms with van der Waals surface area (Å²) in [5, 5.41) is 12.1. The van der Waals surface area contributed by atoms with E-state index in [1.807, 2.05) is 61.7 Å². The van der Waals surface area contributed by atoms with E-state index >= 15 is 0 Å². The molecule has 3 aromatic rings. The summed E-state index contributed by atoms with van der Waals surface area (Å²) in [4.78, 5) is 12.3. The van der Waals surface area contributed by atoms with Gasteiger partial charge in [0.15, 0.2) is 11.0 Å². The first kappa shape index (κ1) is 22.7. The van der Waals surface area contributed by atoms with E-state index in [4.69, 9.17) is 9.47 Å². The fourth-order valence-corrected chi connectivity index (χ4v) is 3.82. The van der Waals surface area contributed by atoms with Crippen LogP contribution in [0.4, 0.5) is 5.69 Å². The smallest absolute Gasteiger partial charge is 0.234 e. The average molecular weight is 441 g/mol. The number of benzene rings is 2. The molecule has 8 heteroatoms. The molecule has 2 aromatic carbocycles. The number of carbonyl (C=O) groups excluding carboxylic acids is 1. The van der Waals surface area contributed by atoms with E-state index in [1.54, 1.807) is 0 Å². The van der Waals surface area contributed by atoms with Gasteiger partial charge in [-0.2, -0.15) is 0 Å². The third-order valence-electron chi connectivity index (χ3n) is 4.80. The van der Waals surface area contributed by atoms with Gasteiger partial charge in [0.1, 0.15) is 18.1 Å². The molecular formula is C23H28N4O3S. The monoisotopic (exact) mass is 440 g/mol. The summed E-state index contributed by atoms with van der Waals surface area (Å²) in [7, 11) is 0. The van der Waals surface area contributed by atoms with E-state index in [1.165, 1.54) is 17.3 Å². The standard InChI is InChI=1S/C23H28N4O3S/c1-5-27-21(14-30-20-9-7-8-16(3)17(20)4)25-26-23(27)31-15-22(28)24-18-10-12-19(13-11-18)29-6-2/h7-13H,5-6,14-15H2,1-4H3,(H,24,28). The van der Waals surface area contributed by atoms with Crippen molar-refractivity contribution in [1.82, 2.24) is 14.8 Å². The number of aromatic nitrogens is 3. The highest BCUT2D eigenvalue weighted by Gasteiger charge is 2.14. The van der Waals surface area contributed by atoms with Crippen LogP contribution in [0.15, 0.2) is 47.6 Å². The molecule has 0 aliphatic carbocycles. The predicted octanol–water partition coefficient (Wildman–Crippen LogP) is 4.62. The van der Waals surface area contributed by atoms with Crippen molar-refractivity contribution in [1.29, 1.82) is 0 Å². The number of ether oxygens (including phenoxy) is 2. The Morgan fingerprint density at radius 1 is 1.06 bits per heavy atom. The van der Waals surface area contributed by atoms with E-state index in [2.05, 4.69) is 28.5 Å². The van der Waals surface area contributed by atoms with Crippen LogP contribution in [-0.4, -0.2) is 33.0 Å². The highest BCUT2D eigenvalue weighted by Crippen LogP contribution is 2.23. The van der Waals surface area contributed by atoms with E-state index < -0.39 is 0 Å². The van der Waals surface area contributed by atoms with Crippen LogP contribution in [0.1, 0.15) is 30.8 Å². The van der Waals surface area contributed by atoms with Gasteiger partial charge in [-0.3, -0.25) is 4.79 Å². The van der Waals surface area contributed by atoms with Crippen molar-refractivity contribution in [3.8, 4) is 11.5 Å². The number of hydrogen-bond donors (Lipinski definition) is 1. The number of aryl methyl sites for hydroxylation is 1. The van der Waals surface area contributed by atoms with E-state index in [0.717, 1.165) is 28.6 Å². The van der Waals surface area contributed by atoms with Crippen LogP contribution < -0.4 is 14.8 Å². The third kappa shape index (κ3) is 6.01. The first-order valence-corrected chi connectivity index (χ1v) is 11.3. The molecule has 0 unspecified atom stereocenters. The van der Waals surface area contributed by atoms with Crippen LogP contribution in [0.25, 0.3) is 0 Å². The number of nitrogens with zero attached hydrogens (tertiary/aromatic N) is 3. The molecule has 164 valence electrons. The minimum atomic E-state index is -0.104. The first-order valence-electron chi connectivity index (χ1n) is 10.3. The van der Waals surface area contributed by atoms with E-state index in [0.29, 0.717) is 24.9 Å². The second kappa shape index (κ2) is 10.9. The molecular weight excluding hydrogens is 412 g/mol. The zero-order valence-electron chi connectivity index (χ0n) is 18.3. The number of carbonyl (C=O) groups is 1. The van der Waals surface area contributed by atoms with Crippen LogP contribution in [0, 0.1) is 13.8 Å². The molecule has 0 radical (unpaired) electrons. The Kier molecular flexibility index (Phi) is 7.94. The summed E-state index contributed by atoms with van der Waals surface area (Å²) in [5.74, 6) is 2.49. The van der Waals surface area contributed by atoms with E-state index in [9.17, 15) is 4.79 Å². The number of thioether (sulfide) groups is 1. The molecule has 7 nitrogen and oxygen atoms in total. The maximum atomic E-state index is 12.3. The normalized spacial score (nSPS) is 10.7. The molecule has 0 fully saturated rings. The van der Waals surface area contributed by atoms with Crippen LogP contribution >= 0.6 is 11.8 Å². The topological polar surface area (TPSA) is 78.3 Å². The molecule has 0 aliphatic rings. The molecule has 1 heterocycles. The lowest BCUT2D eigenvalue weighted by atomic mass is 10.1. The van der Waals surface area contributed by atoms with Gasteiger partial charge in [0, 0.05) is 12.2 Å². The Morgan fingerprint density at radius 3 is 2.55 bits per heavy atom. The van der Waals surface area contributed by atoms with Crippen molar-refractivity contribution in [3.63, 3.8) is 0 Å². The minimum Gasteiger partial charge on any atom is -0.494 e. The Hall–Kier alpha value is -3.00. The Labute approximate surface area is 187 Å². The van der Waals surface area contributed by atoms with Crippen molar-refractivity contribution in [3.05, 3.63) is 59.4 Å². The fourth-order valence-electron chi connectivity index (χ4n) is 3.00. The lowest BCUT2D eigenvalue weighted by Gasteiger charge is -2.11. The molecule has 0 spiro atoms. The predicted molar refractivity (Wildman–Crippen MR) is 123 cm³/mol. The first-order chi connectivity index (χ1) is 15.0. The second-order valence-corrected chi connectivity index (χ2v) is 7.87. The molecule has 3 rings (SSSR count). The van der Waals surface area contributed by atoms with Gasteiger partial charge < -0.3 is 19.4 Å². The zero-order chi connectivity index (χ0) is 22.2. The SMILES string of the molecule is CCOc1ccc(NC(=O)CSc2nnc(COc3cccc(C)c3C)n2CC)cc1. The summed E-state index contributed by atoms with van der Waals surface area (Å²) >= 11 is 1.36. The summed E-state index contributed by atoms with van der Waals surface area (Å²) in [6.07, 6.45) is 0. The maximum absolute atomic E-state index is 12.3. The molecule has 1 amide bonds. The molecule has 0 aliphatic heterocycles. The maximum Gasteiger partial charge on any atom is 0.234 e. The average Bonchev–Trinajstić information content (AvgIpc) is 3.16. The van der Waals surface area contributed by atoms with Crippen molar-refractivity contribution in [2.24, 2.45) is 0 Å². The number of amides is 1. The Morgan fingerprint density at radius 2 is 1.84 bits per heavy atom. The number of rotatable bonds is 10. The zero-order valence-corrected chi connectivity index (χ0v) is 19.2.